The summed E-state index contributed by atoms with van der Waals surface area (Å²) < 4.78 is 5.11. The highest BCUT2D eigenvalue weighted by Crippen LogP contribution is 2.16. The summed E-state index contributed by atoms with van der Waals surface area (Å²) in [4.78, 5) is 13.5. The van der Waals surface area contributed by atoms with E-state index in [1.54, 1.807) is 24.2 Å². The van der Waals surface area contributed by atoms with Crippen LogP contribution >= 0.6 is 0 Å². The van der Waals surface area contributed by atoms with Crippen molar-refractivity contribution in [2.45, 2.75) is 0 Å². The third-order valence-corrected chi connectivity index (χ3v) is 3.04. The minimum Gasteiger partial charge on any atom is -0.497 e. The summed E-state index contributed by atoms with van der Waals surface area (Å²) in [7, 11) is 1.61. The molecule has 0 aliphatic carbocycles. The second kappa shape index (κ2) is 5.69. The zero-order valence-corrected chi connectivity index (χ0v) is 10.4. The van der Waals surface area contributed by atoms with Gasteiger partial charge in [-0.25, -0.2) is 0 Å². The maximum atomic E-state index is 11.7. The van der Waals surface area contributed by atoms with Gasteiger partial charge in [0.05, 0.1) is 7.11 Å². The quantitative estimate of drug-likeness (QED) is 0.812. The number of ether oxygens (including phenoxy) is 1. The number of hydrogen-bond donors (Lipinski definition) is 1. The molecule has 0 bridgehead atoms. The van der Waals surface area contributed by atoms with Gasteiger partial charge in [-0.05, 0) is 23.8 Å². The van der Waals surface area contributed by atoms with Crippen LogP contribution in [-0.4, -0.2) is 42.7 Å². The highest BCUT2D eigenvalue weighted by Gasteiger charge is 2.28. The summed E-state index contributed by atoms with van der Waals surface area (Å²) in [5.74, 6) is 1.01. The molecule has 18 heavy (non-hydrogen) atoms. The highest BCUT2D eigenvalue weighted by molar-refractivity contribution is 5.92. The van der Waals surface area contributed by atoms with Crippen LogP contribution in [0, 0.1) is 5.92 Å². The number of methoxy groups -OCH3 is 1. The van der Waals surface area contributed by atoms with Crippen LogP contribution in [-0.2, 0) is 4.79 Å². The van der Waals surface area contributed by atoms with Gasteiger partial charge in [-0.1, -0.05) is 12.1 Å². The number of likely N-dealkylation sites (tertiary alicyclic amines) is 1. The molecule has 1 aliphatic heterocycles. The molecule has 4 nitrogen and oxygen atoms in total. The fourth-order valence-electron chi connectivity index (χ4n) is 1.88. The molecule has 0 spiro atoms. The van der Waals surface area contributed by atoms with Gasteiger partial charge in [-0.2, -0.15) is 0 Å². The second-order valence-corrected chi connectivity index (χ2v) is 4.40. The van der Waals surface area contributed by atoms with Crippen LogP contribution in [0.5, 0.6) is 5.75 Å². The van der Waals surface area contributed by atoms with Crippen molar-refractivity contribution >= 4 is 12.0 Å². The molecule has 0 atom stereocenters. The number of aliphatic hydroxyl groups excluding tert-OH is 1. The number of amides is 1. The second-order valence-electron chi connectivity index (χ2n) is 4.40. The molecule has 4 heteroatoms. The number of aliphatic hydroxyl groups is 1. The van der Waals surface area contributed by atoms with Crippen LogP contribution in [0.25, 0.3) is 6.08 Å². The van der Waals surface area contributed by atoms with Crippen molar-refractivity contribution in [2.24, 2.45) is 5.92 Å². The van der Waals surface area contributed by atoms with Gasteiger partial charge in [0.1, 0.15) is 5.75 Å². The largest absolute Gasteiger partial charge is 0.497 e. The summed E-state index contributed by atoms with van der Waals surface area (Å²) in [6.07, 6.45) is 3.33. The Hall–Kier alpha value is -1.81. The zero-order chi connectivity index (χ0) is 13.0. The molecule has 1 amide bonds. The van der Waals surface area contributed by atoms with E-state index in [0.717, 1.165) is 11.3 Å². The van der Waals surface area contributed by atoms with Crippen molar-refractivity contribution in [1.82, 2.24) is 4.90 Å². The maximum absolute atomic E-state index is 11.7. The smallest absolute Gasteiger partial charge is 0.246 e. The number of hydrogen-bond acceptors (Lipinski definition) is 3. The third-order valence-electron chi connectivity index (χ3n) is 3.04. The van der Waals surface area contributed by atoms with E-state index in [9.17, 15) is 4.79 Å². The molecule has 1 aromatic rings. The van der Waals surface area contributed by atoms with Crippen LogP contribution in [0.3, 0.4) is 0 Å². The average Bonchev–Trinajstić information content (AvgIpc) is 2.35. The van der Waals surface area contributed by atoms with Gasteiger partial charge in [-0.15, -0.1) is 0 Å². The first-order valence-corrected chi connectivity index (χ1v) is 5.95. The molecule has 96 valence electrons. The van der Waals surface area contributed by atoms with Crippen molar-refractivity contribution in [3.8, 4) is 5.75 Å². The predicted molar refractivity (Wildman–Crippen MR) is 69.2 cm³/mol. The average molecular weight is 247 g/mol. The van der Waals surface area contributed by atoms with Crippen molar-refractivity contribution in [2.75, 3.05) is 26.8 Å². The number of carbonyl (C=O) groups is 1. The van der Waals surface area contributed by atoms with E-state index in [0.29, 0.717) is 13.1 Å². The molecule has 0 unspecified atom stereocenters. The van der Waals surface area contributed by atoms with Crippen molar-refractivity contribution in [1.29, 1.82) is 0 Å². The number of carbonyl (C=O) groups excluding carboxylic acids is 1. The molecule has 1 aliphatic rings. The molecule has 1 aromatic carbocycles. The lowest BCUT2D eigenvalue weighted by Gasteiger charge is -2.37. The van der Waals surface area contributed by atoms with Crippen LogP contribution in [0.4, 0.5) is 0 Å². The number of rotatable bonds is 4. The predicted octanol–water partition coefficient (Wildman–Crippen LogP) is 1.16. The minimum atomic E-state index is -0.0116. The Morgan fingerprint density at radius 3 is 3.00 bits per heavy atom. The van der Waals surface area contributed by atoms with E-state index in [2.05, 4.69) is 0 Å². The van der Waals surface area contributed by atoms with E-state index >= 15 is 0 Å². The normalized spacial score (nSPS) is 15.8. The third kappa shape index (κ3) is 2.90. The standard InChI is InChI=1S/C14H17NO3/c1-18-13-4-2-3-11(7-13)5-6-14(17)15-8-12(9-15)10-16/h2-7,12,16H,8-10H2,1H3. The van der Waals surface area contributed by atoms with E-state index in [1.165, 1.54) is 0 Å². The summed E-state index contributed by atoms with van der Waals surface area (Å²) in [6, 6.07) is 7.53. The fraction of sp³-hybridized carbons (Fsp3) is 0.357. The summed E-state index contributed by atoms with van der Waals surface area (Å²) >= 11 is 0. The molecule has 0 radical (unpaired) electrons. The lowest BCUT2D eigenvalue weighted by Crippen LogP contribution is -2.50. The van der Waals surface area contributed by atoms with E-state index in [1.807, 2.05) is 24.3 Å². The molecular formula is C14H17NO3. The van der Waals surface area contributed by atoms with Crippen molar-refractivity contribution in [3.63, 3.8) is 0 Å². The number of benzene rings is 1. The molecule has 1 fully saturated rings. The van der Waals surface area contributed by atoms with Gasteiger partial charge >= 0.3 is 0 Å². The van der Waals surface area contributed by atoms with Gasteiger partial charge < -0.3 is 14.7 Å². The monoisotopic (exact) mass is 247 g/mol. The lowest BCUT2D eigenvalue weighted by molar-refractivity contribution is -0.132. The lowest BCUT2D eigenvalue weighted by atomic mass is 10.0. The van der Waals surface area contributed by atoms with Gasteiger partial charge in [0, 0.05) is 31.7 Å². The highest BCUT2D eigenvalue weighted by atomic mass is 16.5. The number of nitrogens with zero attached hydrogens (tertiary/aromatic N) is 1. The minimum absolute atomic E-state index is 0.0116. The molecule has 1 saturated heterocycles. The van der Waals surface area contributed by atoms with Gasteiger partial charge in [-0.3, -0.25) is 4.79 Å². The van der Waals surface area contributed by atoms with Crippen LogP contribution < -0.4 is 4.74 Å². The maximum Gasteiger partial charge on any atom is 0.246 e. The first-order valence-electron chi connectivity index (χ1n) is 5.95. The summed E-state index contributed by atoms with van der Waals surface area (Å²) in [6.45, 7) is 1.46. The molecule has 1 heterocycles. The van der Waals surface area contributed by atoms with E-state index in [-0.39, 0.29) is 18.4 Å². The van der Waals surface area contributed by atoms with Crippen LogP contribution in [0.1, 0.15) is 5.56 Å². The topological polar surface area (TPSA) is 49.8 Å². The molecule has 1 N–H and O–H groups in total. The molecule has 0 saturated carbocycles. The van der Waals surface area contributed by atoms with Gasteiger partial charge in [0.25, 0.3) is 0 Å². The Kier molecular flexibility index (Phi) is 3.99. The van der Waals surface area contributed by atoms with Gasteiger partial charge in [0.2, 0.25) is 5.91 Å². The Balaban J connectivity index is 1.92. The van der Waals surface area contributed by atoms with Gasteiger partial charge in [0.15, 0.2) is 0 Å². The Bertz CT molecular complexity index is 450. The van der Waals surface area contributed by atoms with Crippen molar-refractivity contribution in [3.05, 3.63) is 35.9 Å². The van der Waals surface area contributed by atoms with E-state index < -0.39 is 0 Å². The summed E-state index contributed by atoms with van der Waals surface area (Å²) in [5.41, 5.74) is 0.932. The SMILES string of the molecule is COc1cccc(C=CC(=O)N2CC(CO)C2)c1. The van der Waals surface area contributed by atoms with Crippen molar-refractivity contribution < 1.29 is 14.6 Å². The Morgan fingerprint density at radius 2 is 2.33 bits per heavy atom. The molecular weight excluding hydrogens is 230 g/mol. The first-order chi connectivity index (χ1) is 8.72. The van der Waals surface area contributed by atoms with Crippen LogP contribution in [0.15, 0.2) is 30.3 Å². The molecule has 0 aromatic heterocycles. The Labute approximate surface area is 106 Å². The molecule has 2 rings (SSSR count). The Morgan fingerprint density at radius 1 is 1.56 bits per heavy atom. The first kappa shape index (κ1) is 12.6. The summed E-state index contributed by atoms with van der Waals surface area (Å²) in [5, 5.41) is 8.88. The zero-order valence-electron chi connectivity index (χ0n) is 10.4. The van der Waals surface area contributed by atoms with E-state index in [4.69, 9.17) is 9.84 Å². The fourth-order valence-corrected chi connectivity index (χ4v) is 1.88. The van der Waals surface area contributed by atoms with Crippen LogP contribution in [0.2, 0.25) is 0 Å².